The molecule has 0 saturated carbocycles. The Labute approximate surface area is 177 Å². The van der Waals surface area contributed by atoms with E-state index in [1.54, 1.807) is 25.1 Å². The summed E-state index contributed by atoms with van der Waals surface area (Å²) in [5, 5.41) is 15.1. The van der Waals surface area contributed by atoms with Crippen LogP contribution in [-0.2, 0) is 11.3 Å². The molecule has 31 heavy (non-hydrogen) atoms. The van der Waals surface area contributed by atoms with Gasteiger partial charge in [-0.25, -0.2) is 9.48 Å². The van der Waals surface area contributed by atoms with E-state index >= 15 is 0 Å². The molecule has 1 aromatic heterocycles. The normalized spacial score (nSPS) is 10.4. The summed E-state index contributed by atoms with van der Waals surface area (Å²) in [6.07, 6.45) is 2.18. The van der Waals surface area contributed by atoms with E-state index in [0.29, 0.717) is 28.8 Å². The Kier molecular flexibility index (Phi) is 6.61. The molecule has 10 nitrogen and oxygen atoms in total. The highest BCUT2D eigenvalue weighted by Crippen LogP contribution is 2.26. The maximum atomic E-state index is 12.4. The van der Waals surface area contributed by atoms with Crippen LogP contribution in [0.4, 0.5) is 5.69 Å². The van der Waals surface area contributed by atoms with Gasteiger partial charge in [-0.2, -0.15) is 5.10 Å². The number of methoxy groups -OCH3 is 1. The number of carbonyl (C=O) groups excluding carboxylic acids is 2. The van der Waals surface area contributed by atoms with E-state index in [0.717, 1.165) is 0 Å². The van der Waals surface area contributed by atoms with E-state index in [-0.39, 0.29) is 30.3 Å². The van der Waals surface area contributed by atoms with Crippen LogP contribution in [0.2, 0.25) is 0 Å². The topological polar surface area (TPSA) is 123 Å². The number of benzene rings is 2. The SMILES string of the molecule is CCOC(=O)c1nn(-c2ccc([N+](=O)[O-])cc2)cc1OCc1cc(C=O)ccc1OC. The highest BCUT2D eigenvalue weighted by atomic mass is 16.6. The van der Waals surface area contributed by atoms with Crippen LogP contribution >= 0.6 is 0 Å². The number of carbonyl (C=O) groups is 2. The first-order chi connectivity index (χ1) is 15.0. The summed E-state index contributed by atoms with van der Waals surface area (Å²) in [4.78, 5) is 33.8. The summed E-state index contributed by atoms with van der Waals surface area (Å²) in [5.74, 6) is -0.00632. The molecule has 2 aromatic carbocycles. The third kappa shape index (κ3) is 4.86. The highest BCUT2D eigenvalue weighted by molar-refractivity contribution is 5.90. The minimum absolute atomic E-state index is 0.00319. The van der Waals surface area contributed by atoms with Crippen molar-refractivity contribution in [3.8, 4) is 17.2 Å². The van der Waals surface area contributed by atoms with Gasteiger partial charge in [0, 0.05) is 23.3 Å². The lowest BCUT2D eigenvalue weighted by atomic mass is 10.1. The smallest absolute Gasteiger partial charge is 0.362 e. The Morgan fingerprint density at radius 1 is 1.19 bits per heavy atom. The molecule has 0 bridgehead atoms. The number of nitro groups is 1. The lowest BCUT2D eigenvalue weighted by Gasteiger charge is -2.10. The third-order valence-electron chi connectivity index (χ3n) is 4.30. The molecule has 0 aliphatic carbocycles. The number of non-ortho nitro benzene ring substituents is 1. The molecule has 0 atom stereocenters. The van der Waals surface area contributed by atoms with Crippen molar-refractivity contribution in [2.75, 3.05) is 13.7 Å². The van der Waals surface area contributed by atoms with Gasteiger partial charge in [-0.1, -0.05) is 0 Å². The van der Waals surface area contributed by atoms with E-state index in [9.17, 15) is 19.7 Å². The zero-order valence-electron chi connectivity index (χ0n) is 16.8. The van der Waals surface area contributed by atoms with E-state index in [1.807, 2.05) is 0 Å². The second-order valence-corrected chi connectivity index (χ2v) is 6.26. The first-order valence-electron chi connectivity index (χ1n) is 9.23. The molecule has 160 valence electrons. The maximum Gasteiger partial charge on any atom is 0.362 e. The van der Waals surface area contributed by atoms with E-state index in [1.165, 1.54) is 42.3 Å². The maximum absolute atomic E-state index is 12.4. The number of hydrogen-bond donors (Lipinski definition) is 0. The van der Waals surface area contributed by atoms with Crippen molar-refractivity contribution < 1.29 is 28.7 Å². The van der Waals surface area contributed by atoms with Crippen LogP contribution in [-0.4, -0.2) is 40.7 Å². The van der Waals surface area contributed by atoms with Gasteiger partial charge in [-0.3, -0.25) is 14.9 Å². The predicted molar refractivity (Wildman–Crippen MR) is 109 cm³/mol. The van der Waals surface area contributed by atoms with Crippen molar-refractivity contribution in [1.82, 2.24) is 9.78 Å². The fourth-order valence-electron chi connectivity index (χ4n) is 2.80. The van der Waals surface area contributed by atoms with Crippen LogP contribution in [0.15, 0.2) is 48.7 Å². The number of ether oxygens (including phenoxy) is 3. The molecule has 10 heteroatoms. The summed E-state index contributed by atoms with van der Waals surface area (Å²) in [7, 11) is 1.50. The molecule has 0 fully saturated rings. The van der Waals surface area contributed by atoms with Gasteiger partial charge in [-0.15, -0.1) is 0 Å². The molecule has 0 spiro atoms. The number of rotatable bonds is 9. The van der Waals surface area contributed by atoms with Crippen molar-refractivity contribution in [3.63, 3.8) is 0 Å². The Morgan fingerprint density at radius 2 is 1.94 bits per heavy atom. The van der Waals surface area contributed by atoms with Gasteiger partial charge in [0.05, 0.1) is 30.5 Å². The minimum atomic E-state index is -0.674. The van der Waals surface area contributed by atoms with Gasteiger partial charge in [0.25, 0.3) is 5.69 Å². The van der Waals surface area contributed by atoms with Crippen LogP contribution in [0.3, 0.4) is 0 Å². The van der Waals surface area contributed by atoms with Gasteiger partial charge < -0.3 is 14.2 Å². The molecular formula is C21H19N3O7. The van der Waals surface area contributed by atoms with Crippen LogP contribution in [0.1, 0.15) is 33.3 Å². The van der Waals surface area contributed by atoms with Gasteiger partial charge in [-0.05, 0) is 37.3 Å². The largest absolute Gasteiger partial charge is 0.496 e. The molecule has 3 rings (SSSR count). The van der Waals surface area contributed by atoms with Crippen molar-refractivity contribution >= 4 is 17.9 Å². The summed E-state index contributed by atoms with van der Waals surface area (Å²) in [6.45, 7) is 1.82. The standard InChI is InChI=1S/C21H19N3O7/c1-3-30-21(26)20-19(31-13-15-10-14(12-25)4-9-18(15)29-2)11-23(22-20)16-5-7-17(8-6-16)24(27)28/h4-12H,3,13H2,1-2H3. The van der Waals surface area contributed by atoms with Crippen molar-refractivity contribution in [2.45, 2.75) is 13.5 Å². The van der Waals surface area contributed by atoms with Crippen molar-refractivity contribution in [2.24, 2.45) is 0 Å². The number of nitrogens with zero attached hydrogens (tertiary/aromatic N) is 3. The number of aldehydes is 1. The first-order valence-corrected chi connectivity index (χ1v) is 9.23. The molecule has 0 amide bonds. The zero-order chi connectivity index (χ0) is 22.4. The fraction of sp³-hybridized carbons (Fsp3) is 0.190. The monoisotopic (exact) mass is 425 g/mol. The molecule has 0 unspecified atom stereocenters. The average Bonchev–Trinajstić information content (AvgIpc) is 3.22. The van der Waals surface area contributed by atoms with E-state index in [4.69, 9.17) is 14.2 Å². The lowest BCUT2D eigenvalue weighted by molar-refractivity contribution is -0.384. The number of aromatic nitrogens is 2. The van der Waals surface area contributed by atoms with E-state index in [2.05, 4.69) is 5.10 Å². The second-order valence-electron chi connectivity index (χ2n) is 6.26. The minimum Gasteiger partial charge on any atom is -0.496 e. The number of hydrogen-bond acceptors (Lipinski definition) is 8. The summed E-state index contributed by atoms with van der Waals surface area (Å²) < 4.78 is 17.5. The Morgan fingerprint density at radius 3 is 2.55 bits per heavy atom. The predicted octanol–water partition coefficient (Wildman–Crippen LogP) is 3.36. The van der Waals surface area contributed by atoms with Crippen molar-refractivity contribution in [1.29, 1.82) is 0 Å². The van der Waals surface area contributed by atoms with Crippen LogP contribution < -0.4 is 9.47 Å². The Hall–Kier alpha value is -4.21. The molecular weight excluding hydrogens is 406 g/mol. The average molecular weight is 425 g/mol. The molecule has 1 heterocycles. The molecule has 0 aliphatic heterocycles. The summed E-state index contributed by atoms with van der Waals surface area (Å²) in [5.41, 5.74) is 1.42. The van der Waals surface area contributed by atoms with Crippen molar-refractivity contribution in [3.05, 3.63) is 75.6 Å². The van der Waals surface area contributed by atoms with Crippen LogP contribution in [0.5, 0.6) is 11.5 Å². The molecule has 0 N–H and O–H groups in total. The Bertz CT molecular complexity index is 1110. The lowest BCUT2D eigenvalue weighted by Crippen LogP contribution is -2.09. The third-order valence-corrected chi connectivity index (χ3v) is 4.30. The zero-order valence-corrected chi connectivity index (χ0v) is 16.8. The van der Waals surface area contributed by atoms with Gasteiger partial charge in [0.2, 0.25) is 5.69 Å². The van der Waals surface area contributed by atoms with Gasteiger partial charge in [0.1, 0.15) is 18.6 Å². The quantitative estimate of drug-likeness (QED) is 0.221. The molecule has 0 radical (unpaired) electrons. The van der Waals surface area contributed by atoms with Crippen LogP contribution in [0, 0.1) is 10.1 Å². The fourth-order valence-corrected chi connectivity index (χ4v) is 2.80. The molecule has 3 aromatic rings. The van der Waals surface area contributed by atoms with Crippen LogP contribution in [0.25, 0.3) is 5.69 Å². The summed E-state index contributed by atoms with van der Waals surface area (Å²) >= 11 is 0. The molecule has 0 aliphatic rings. The molecule has 0 saturated heterocycles. The first kappa shape index (κ1) is 21.5. The highest BCUT2D eigenvalue weighted by Gasteiger charge is 2.21. The van der Waals surface area contributed by atoms with Gasteiger partial charge in [0.15, 0.2) is 5.75 Å². The second kappa shape index (κ2) is 9.53. The summed E-state index contributed by atoms with van der Waals surface area (Å²) in [6, 6.07) is 10.5. The number of nitro benzene ring substituents is 1. The van der Waals surface area contributed by atoms with Gasteiger partial charge >= 0.3 is 5.97 Å². The van der Waals surface area contributed by atoms with E-state index < -0.39 is 10.9 Å². The number of esters is 1. The Balaban J connectivity index is 1.92.